The molecule has 6 nitrogen and oxygen atoms in total. The zero-order valence-electron chi connectivity index (χ0n) is 25.6. The summed E-state index contributed by atoms with van der Waals surface area (Å²) in [5.74, 6) is 4.52. The van der Waals surface area contributed by atoms with E-state index in [0.29, 0.717) is 41.8 Å². The van der Waals surface area contributed by atoms with Gasteiger partial charge in [0.15, 0.2) is 5.79 Å². The number of aromatic nitrogens is 3. The Bertz CT molecular complexity index is 1460. The standard InChI is InChI=1S/C36H45N3O3/c1-22-5-8-27(9-6-22)39-19-26(37-38-39)21-40-28-10-12-29-25(17-28)7-11-31-30(29)14-15-35(4)32(31)18-33-34(35)24(3)36(42-33)16-13-23(2)20-41-36/h5-6,8-10,12,17,19,23-24,30-34H,7,11,13-16,18,20-21H2,1-4H3/t23-,24+,30-,31-,32+,33+,34+,35+,36-/m1/s1. The van der Waals surface area contributed by atoms with Gasteiger partial charge in [-0.05, 0) is 116 Å². The van der Waals surface area contributed by atoms with Gasteiger partial charge in [-0.2, -0.15) is 0 Å². The molecule has 222 valence electrons. The van der Waals surface area contributed by atoms with Gasteiger partial charge in [0, 0.05) is 12.3 Å². The highest BCUT2D eigenvalue weighted by molar-refractivity contribution is 5.41. The molecule has 0 N–H and O–H groups in total. The molecule has 8 rings (SSSR count). The van der Waals surface area contributed by atoms with Crippen LogP contribution < -0.4 is 4.74 Å². The van der Waals surface area contributed by atoms with E-state index < -0.39 is 0 Å². The molecule has 2 aromatic carbocycles. The fourth-order valence-corrected chi connectivity index (χ4v) is 10.0. The van der Waals surface area contributed by atoms with Crippen molar-refractivity contribution in [3.8, 4) is 11.4 Å². The van der Waals surface area contributed by atoms with Crippen LogP contribution in [0.4, 0.5) is 0 Å². The minimum Gasteiger partial charge on any atom is -0.487 e. The van der Waals surface area contributed by atoms with Gasteiger partial charge >= 0.3 is 0 Å². The zero-order valence-corrected chi connectivity index (χ0v) is 25.6. The third kappa shape index (κ3) is 4.19. The van der Waals surface area contributed by atoms with Crippen LogP contribution in [-0.2, 0) is 22.5 Å². The highest BCUT2D eigenvalue weighted by atomic mass is 16.7. The molecule has 3 heterocycles. The number of nitrogens with zero attached hydrogens (tertiary/aromatic N) is 3. The van der Waals surface area contributed by atoms with Crippen molar-refractivity contribution in [1.82, 2.24) is 15.0 Å². The van der Waals surface area contributed by atoms with Gasteiger partial charge < -0.3 is 14.2 Å². The number of aryl methyl sites for hydroxylation is 2. The first-order valence-corrected chi connectivity index (χ1v) is 16.4. The molecule has 1 aromatic heterocycles. The van der Waals surface area contributed by atoms with Gasteiger partial charge in [0.1, 0.15) is 18.1 Å². The third-order valence-corrected chi connectivity index (χ3v) is 12.2. The lowest BCUT2D eigenvalue weighted by molar-refractivity contribution is -0.272. The van der Waals surface area contributed by atoms with Gasteiger partial charge in [0.2, 0.25) is 0 Å². The highest BCUT2D eigenvalue weighted by Gasteiger charge is 2.67. The monoisotopic (exact) mass is 567 g/mol. The summed E-state index contributed by atoms with van der Waals surface area (Å²) in [7, 11) is 0. The van der Waals surface area contributed by atoms with Crippen molar-refractivity contribution in [2.24, 2.45) is 35.0 Å². The van der Waals surface area contributed by atoms with Gasteiger partial charge in [-0.25, -0.2) is 4.68 Å². The molecule has 0 unspecified atom stereocenters. The number of fused-ring (bicyclic) bond motifs is 7. The first kappa shape index (κ1) is 26.9. The molecule has 3 aromatic rings. The smallest absolute Gasteiger partial charge is 0.171 e. The molecule has 9 atom stereocenters. The molecule has 2 saturated carbocycles. The average Bonchev–Trinajstić information content (AvgIpc) is 3.66. The Labute approximate surface area is 250 Å². The Morgan fingerprint density at radius 3 is 2.71 bits per heavy atom. The first-order valence-electron chi connectivity index (χ1n) is 16.4. The average molecular weight is 568 g/mol. The van der Waals surface area contributed by atoms with E-state index in [0.717, 1.165) is 48.4 Å². The van der Waals surface area contributed by atoms with Gasteiger partial charge in [-0.3, -0.25) is 0 Å². The second-order valence-corrected chi connectivity index (χ2v) is 14.6. The van der Waals surface area contributed by atoms with Gasteiger partial charge in [-0.1, -0.05) is 49.7 Å². The summed E-state index contributed by atoms with van der Waals surface area (Å²) in [4.78, 5) is 0. The lowest BCUT2D eigenvalue weighted by Gasteiger charge is -2.52. The number of rotatable bonds is 4. The fraction of sp³-hybridized carbons (Fsp3) is 0.611. The minimum absolute atomic E-state index is 0.322. The number of benzene rings is 2. The molecule has 2 saturated heterocycles. The Morgan fingerprint density at radius 1 is 1.05 bits per heavy atom. The number of hydrogen-bond donors (Lipinski definition) is 0. The maximum absolute atomic E-state index is 6.94. The van der Waals surface area contributed by atoms with Crippen molar-refractivity contribution in [2.45, 2.75) is 97.1 Å². The summed E-state index contributed by atoms with van der Waals surface area (Å²) < 4.78 is 21.5. The Balaban J connectivity index is 0.951. The molecule has 4 fully saturated rings. The normalized spacial score (nSPS) is 38.5. The largest absolute Gasteiger partial charge is 0.487 e. The van der Waals surface area contributed by atoms with Crippen molar-refractivity contribution in [3.05, 3.63) is 71.0 Å². The first-order chi connectivity index (χ1) is 20.3. The molecule has 0 bridgehead atoms. The zero-order chi connectivity index (χ0) is 28.6. The molecule has 6 heteroatoms. The van der Waals surface area contributed by atoms with Crippen LogP contribution in [-0.4, -0.2) is 33.5 Å². The van der Waals surface area contributed by atoms with E-state index in [1.807, 2.05) is 10.9 Å². The van der Waals surface area contributed by atoms with Crippen LogP contribution in [0.15, 0.2) is 48.7 Å². The second kappa shape index (κ2) is 9.92. The van der Waals surface area contributed by atoms with Crippen molar-refractivity contribution < 1.29 is 14.2 Å². The van der Waals surface area contributed by atoms with Crippen LogP contribution >= 0.6 is 0 Å². The highest BCUT2D eigenvalue weighted by Crippen LogP contribution is 2.69. The van der Waals surface area contributed by atoms with E-state index in [1.54, 1.807) is 5.56 Å². The van der Waals surface area contributed by atoms with Crippen molar-refractivity contribution >= 4 is 0 Å². The predicted octanol–water partition coefficient (Wildman–Crippen LogP) is 7.41. The van der Waals surface area contributed by atoms with E-state index in [4.69, 9.17) is 14.2 Å². The van der Waals surface area contributed by atoms with E-state index in [2.05, 4.69) is 80.5 Å². The van der Waals surface area contributed by atoms with E-state index in [-0.39, 0.29) is 5.79 Å². The maximum atomic E-state index is 6.94. The summed E-state index contributed by atoms with van der Waals surface area (Å²) in [6, 6.07) is 15.1. The molecule has 0 radical (unpaired) electrons. The molecule has 5 aliphatic rings. The summed E-state index contributed by atoms with van der Waals surface area (Å²) >= 11 is 0. The van der Waals surface area contributed by atoms with E-state index in [9.17, 15) is 0 Å². The summed E-state index contributed by atoms with van der Waals surface area (Å²) in [6.07, 6.45) is 10.8. The van der Waals surface area contributed by atoms with Gasteiger partial charge in [0.05, 0.1) is 24.6 Å². The van der Waals surface area contributed by atoms with Gasteiger partial charge in [-0.15, -0.1) is 5.10 Å². The van der Waals surface area contributed by atoms with Gasteiger partial charge in [0.25, 0.3) is 0 Å². The van der Waals surface area contributed by atoms with Crippen LogP contribution in [0.5, 0.6) is 5.75 Å². The quantitative estimate of drug-likeness (QED) is 0.328. The minimum atomic E-state index is -0.322. The topological polar surface area (TPSA) is 58.4 Å². The van der Waals surface area contributed by atoms with E-state index in [1.165, 1.54) is 43.2 Å². The van der Waals surface area contributed by atoms with Crippen molar-refractivity contribution in [1.29, 1.82) is 0 Å². The van der Waals surface area contributed by atoms with Crippen LogP contribution in [0.1, 0.15) is 87.6 Å². The molecule has 42 heavy (non-hydrogen) atoms. The Kier molecular flexibility index (Phi) is 6.35. The van der Waals surface area contributed by atoms with Crippen LogP contribution in [0, 0.1) is 41.9 Å². The summed E-state index contributed by atoms with van der Waals surface area (Å²) in [6.45, 7) is 10.7. The summed E-state index contributed by atoms with van der Waals surface area (Å²) in [5.41, 5.74) is 6.48. The molecular weight excluding hydrogens is 522 g/mol. The van der Waals surface area contributed by atoms with Crippen LogP contribution in [0.25, 0.3) is 5.69 Å². The summed E-state index contributed by atoms with van der Waals surface area (Å²) in [5, 5.41) is 8.64. The SMILES string of the molecule is Cc1ccc(-n2cc(COc3ccc4c(c3)CC[C@@H]3[C@@H]4CC[C@]4(C)[C@@H]5[C@H](C[C@@H]34)O[C@]3(CC[C@@H](C)CO3)[C@H]5C)nn2)cc1. The van der Waals surface area contributed by atoms with E-state index >= 15 is 0 Å². The lowest BCUT2D eigenvalue weighted by Crippen LogP contribution is -2.48. The lowest BCUT2D eigenvalue weighted by atomic mass is 9.53. The molecule has 2 aliphatic heterocycles. The number of hydrogen-bond acceptors (Lipinski definition) is 5. The second-order valence-electron chi connectivity index (χ2n) is 14.6. The third-order valence-electron chi connectivity index (χ3n) is 12.2. The number of ether oxygens (including phenoxy) is 3. The Morgan fingerprint density at radius 2 is 1.90 bits per heavy atom. The molecular formula is C36H45N3O3. The fourth-order valence-electron chi connectivity index (χ4n) is 10.0. The van der Waals surface area contributed by atoms with Crippen molar-refractivity contribution in [2.75, 3.05) is 6.61 Å². The molecule has 1 spiro atoms. The maximum Gasteiger partial charge on any atom is 0.171 e. The predicted molar refractivity (Wildman–Crippen MR) is 161 cm³/mol. The van der Waals surface area contributed by atoms with Crippen LogP contribution in [0.3, 0.4) is 0 Å². The van der Waals surface area contributed by atoms with Crippen molar-refractivity contribution in [3.63, 3.8) is 0 Å². The van der Waals surface area contributed by atoms with Crippen LogP contribution in [0.2, 0.25) is 0 Å². The molecule has 3 aliphatic carbocycles. The molecule has 0 amide bonds. The Hall–Kier alpha value is -2.70.